The first kappa shape index (κ1) is 18.6. The summed E-state index contributed by atoms with van der Waals surface area (Å²) in [6.45, 7) is 0.0906. The van der Waals surface area contributed by atoms with E-state index < -0.39 is 23.9 Å². The van der Waals surface area contributed by atoms with Gasteiger partial charge in [-0.25, -0.2) is 4.79 Å². The summed E-state index contributed by atoms with van der Waals surface area (Å²) >= 11 is 7.15. The van der Waals surface area contributed by atoms with Gasteiger partial charge >= 0.3 is 12.2 Å². The fourth-order valence-electron chi connectivity index (χ4n) is 1.99. The average molecular weight is 379 g/mol. The Labute approximate surface area is 145 Å². The van der Waals surface area contributed by atoms with E-state index in [9.17, 15) is 18.0 Å². The summed E-state index contributed by atoms with van der Waals surface area (Å²) in [6.07, 6.45) is -4.99. The number of carbonyl (C=O) groups excluding carboxylic acids is 1. The van der Waals surface area contributed by atoms with Crippen LogP contribution in [0.25, 0.3) is 0 Å². The Bertz CT molecular complexity index is 706. The van der Waals surface area contributed by atoms with Crippen LogP contribution in [0.15, 0.2) is 36.4 Å². The molecule has 2 amide bonds. The van der Waals surface area contributed by atoms with E-state index >= 15 is 0 Å². The van der Waals surface area contributed by atoms with Crippen LogP contribution < -0.4 is 10.6 Å². The molecule has 2 N–H and O–H groups in total. The van der Waals surface area contributed by atoms with E-state index in [1.54, 1.807) is 12.1 Å². The number of ether oxygens (including phenoxy) is 1. The third-order valence-electron chi connectivity index (χ3n) is 3.12. The summed E-state index contributed by atoms with van der Waals surface area (Å²) in [6, 6.07) is 7.48. The minimum absolute atomic E-state index is 0.0906. The molecule has 2 rings (SSSR count). The van der Waals surface area contributed by atoms with Gasteiger partial charge in [-0.2, -0.15) is 13.2 Å². The SMILES string of the molecule is CO[C@@H](CNC(=O)Nc1ccccc1C(F)(F)F)c1ccc(Cl)s1. The van der Waals surface area contributed by atoms with Crippen molar-refractivity contribution in [2.75, 3.05) is 19.0 Å². The normalized spacial score (nSPS) is 12.7. The average Bonchev–Trinajstić information content (AvgIpc) is 2.94. The maximum Gasteiger partial charge on any atom is 0.418 e. The predicted octanol–water partition coefficient (Wildman–Crippen LogP) is 4.93. The lowest BCUT2D eigenvalue weighted by molar-refractivity contribution is -0.136. The summed E-state index contributed by atoms with van der Waals surface area (Å²) < 4.78 is 44.5. The lowest BCUT2D eigenvalue weighted by Crippen LogP contribution is -2.33. The molecule has 0 aliphatic rings. The van der Waals surface area contributed by atoms with Crippen molar-refractivity contribution in [2.45, 2.75) is 12.3 Å². The molecule has 1 aromatic carbocycles. The second-order valence-electron chi connectivity index (χ2n) is 4.74. The zero-order valence-corrected chi connectivity index (χ0v) is 14.1. The van der Waals surface area contributed by atoms with Gasteiger partial charge in [0.05, 0.1) is 22.1 Å². The lowest BCUT2D eigenvalue weighted by atomic mass is 10.1. The van der Waals surface area contributed by atoms with Gasteiger partial charge < -0.3 is 15.4 Å². The molecule has 1 atom stereocenters. The van der Waals surface area contributed by atoms with Crippen molar-refractivity contribution in [3.63, 3.8) is 0 Å². The topological polar surface area (TPSA) is 50.4 Å². The first-order chi connectivity index (χ1) is 11.3. The lowest BCUT2D eigenvalue weighted by Gasteiger charge is -2.17. The number of carbonyl (C=O) groups is 1. The smallest absolute Gasteiger partial charge is 0.374 e. The Morgan fingerprint density at radius 2 is 2.00 bits per heavy atom. The van der Waals surface area contributed by atoms with Gasteiger partial charge in [0.1, 0.15) is 6.10 Å². The minimum atomic E-state index is -4.55. The first-order valence-electron chi connectivity index (χ1n) is 6.80. The number of urea groups is 1. The van der Waals surface area contributed by atoms with Gasteiger partial charge in [0.2, 0.25) is 0 Å². The largest absolute Gasteiger partial charge is 0.418 e. The number of thiophene rings is 1. The molecule has 0 radical (unpaired) electrons. The Morgan fingerprint density at radius 3 is 2.58 bits per heavy atom. The number of alkyl halides is 3. The van der Waals surface area contributed by atoms with E-state index in [1.165, 1.54) is 36.6 Å². The van der Waals surface area contributed by atoms with Crippen molar-refractivity contribution in [1.82, 2.24) is 5.32 Å². The van der Waals surface area contributed by atoms with Crippen molar-refractivity contribution in [1.29, 1.82) is 0 Å². The van der Waals surface area contributed by atoms with Crippen molar-refractivity contribution in [2.24, 2.45) is 0 Å². The van der Waals surface area contributed by atoms with Crippen LogP contribution in [-0.4, -0.2) is 19.7 Å². The summed E-state index contributed by atoms with van der Waals surface area (Å²) in [5.41, 5.74) is -1.22. The molecule has 0 unspecified atom stereocenters. The van der Waals surface area contributed by atoms with Gasteiger partial charge in [0, 0.05) is 12.0 Å². The number of nitrogens with one attached hydrogen (secondary N) is 2. The van der Waals surface area contributed by atoms with Crippen LogP contribution in [0.1, 0.15) is 16.5 Å². The van der Waals surface area contributed by atoms with E-state index in [2.05, 4.69) is 10.6 Å². The maximum atomic E-state index is 12.9. The molecule has 0 aliphatic carbocycles. The molecule has 0 bridgehead atoms. The predicted molar refractivity (Wildman–Crippen MR) is 87.5 cm³/mol. The molecule has 4 nitrogen and oxygen atoms in total. The highest BCUT2D eigenvalue weighted by molar-refractivity contribution is 7.16. The van der Waals surface area contributed by atoms with Gasteiger partial charge in [0.25, 0.3) is 0 Å². The van der Waals surface area contributed by atoms with Gasteiger partial charge in [-0.05, 0) is 24.3 Å². The highest BCUT2D eigenvalue weighted by atomic mass is 35.5. The highest BCUT2D eigenvalue weighted by Crippen LogP contribution is 2.34. The fourth-order valence-corrected chi connectivity index (χ4v) is 3.13. The van der Waals surface area contributed by atoms with Crippen molar-refractivity contribution in [3.05, 3.63) is 51.2 Å². The zero-order chi connectivity index (χ0) is 17.7. The second kappa shape index (κ2) is 7.87. The molecule has 130 valence electrons. The summed E-state index contributed by atoms with van der Waals surface area (Å²) in [7, 11) is 1.47. The number of amides is 2. The molecule has 0 spiro atoms. The Balaban J connectivity index is 1.99. The molecule has 24 heavy (non-hydrogen) atoms. The van der Waals surface area contributed by atoms with Crippen LogP contribution >= 0.6 is 22.9 Å². The molecule has 0 fully saturated rings. The second-order valence-corrected chi connectivity index (χ2v) is 6.49. The van der Waals surface area contributed by atoms with E-state index in [4.69, 9.17) is 16.3 Å². The minimum Gasteiger partial charge on any atom is -0.374 e. The molecule has 0 aliphatic heterocycles. The molecule has 2 aromatic rings. The van der Waals surface area contributed by atoms with Crippen molar-refractivity contribution in [3.8, 4) is 0 Å². The Morgan fingerprint density at radius 1 is 1.29 bits per heavy atom. The van der Waals surface area contributed by atoms with Gasteiger partial charge in [-0.15, -0.1) is 11.3 Å². The van der Waals surface area contributed by atoms with Gasteiger partial charge in [-0.1, -0.05) is 23.7 Å². The number of benzene rings is 1. The standard InChI is InChI=1S/C15H14ClF3N2O2S/c1-23-11(12-6-7-13(16)24-12)8-20-14(22)21-10-5-3-2-4-9(10)15(17,18)19/h2-7,11H,8H2,1H3,(H2,20,21,22)/t11-/m0/s1. The summed E-state index contributed by atoms with van der Waals surface area (Å²) in [5.74, 6) is 0. The third-order valence-corrected chi connectivity index (χ3v) is 4.45. The van der Waals surface area contributed by atoms with Gasteiger partial charge in [-0.3, -0.25) is 0 Å². The van der Waals surface area contributed by atoms with Crippen LogP contribution in [0.5, 0.6) is 0 Å². The molecule has 9 heteroatoms. The van der Waals surface area contributed by atoms with E-state index in [0.717, 1.165) is 10.9 Å². The number of para-hydroxylation sites is 1. The molecule has 1 heterocycles. The number of methoxy groups -OCH3 is 1. The maximum absolute atomic E-state index is 12.9. The van der Waals surface area contributed by atoms with E-state index in [-0.39, 0.29) is 12.2 Å². The van der Waals surface area contributed by atoms with Crippen molar-refractivity contribution >= 4 is 34.7 Å². The highest BCUT2D eigenvalue weighted by Gasteiger charge is 2.33. The van der Waals surface area contributed by atoms with Crippen LogP contribution in [0.2, 0.25) is 4.34 Å². The number of halogens is 4. The van der Waals surface area contributed by atoms with E-state index in [1.807, 2.05) is 0 Å². The molecular weight excluding hydrogens is 365 g/mol. The Kier molecular flexibility index (Phi) is 6.09. The molecule has 0 saturated carbocycles. The summed E-state index contributed by atoms with van der Waals surface area (Å²) in [5, 5.41) is 4.69. The first-order valence-corrected chi connectivity index (χ1v) is 8.00. The molecule has 0 saturated heterocycles. The summed E-state index contributed by atoms with van der Waals surface area (Å²) in [4.78, 5) is 12.7. The Hall–Kier alpha value is -1.77. The fraction of sp³-hybridized carbons (Fsp3) is 0.267. The van der Waals surface area contributed by atoms with Gasteiger partial charge in [0.15, 0.2) is 0 Å². The van der Waals surface area contributed by atoms with Crippen LogP contribution in [0.3, 0.4) is 0 Å². The van der Waals surface area contributed by atoms with Crippen LogP contribution in [0, 0.1) is 0 Å². The number of rotatable bonds is 5. The monoisotopic (exact) mass is 378 g/mol. The molecule has 1 aromatic heterocycles. The number of anilines is 1. The third kappa shape index (κ3) is 4.86. The number of hydrogen-bond donors (Lipinski definition) is 2. The zero-order valence-electron chi connectivity index (χ0n) is 12.5. The van der Waals surface area contributed by atoms with Crippen LogP contribution in [0.4, 0.5) is 23.7 Å². The van der Waals surface area contributed by atoms with Crippen LogP contribution in [-0.2, 0) is 10.9 Å². The number of hydrogen-bond acceptors (Lipinski definition) is 3. The molecular formula is C15H14ClF3N2O2S. The van der Waals surface area contributed by atoms with Crippen molar-refractivity contribution < 1.29 is 22.7 Å². The van der Waals surface area contributed by atoms with E-state index in [0.29, 0.717) is 4.34 Å². The quantitative estimate of drug-likeness (QED) is 0.775.